The van der Waals surface area contributed by atoms with Crippen LogP contribution in [0.1, 0.15) is 54.1 Å². The number of carboxylic acids is 1. The smallest absolute Gasteiger partial charge is 0.341 e. The maximum atomic E-state index is 13.0. The summed E-state index contributed by atoms with van der Waals surface area (Å²) in [6.07, 6.45) is 3.27. The second kappa shape index (κ2) is 10.1. The summed E-state index contributed by atoms with van der Waals surface area (Å²) < 4.78 is 5.34. The zero-order valence-corrected chi connectivity index (χ0v) is 16.9. The van der Waals surface area contributed by atoms with E-state index in [0.717, 1.165) is 30.4 Å². The molecule has 2 rings (SSSR count). The molecule has 0 saturated carbocycles. The van der Waals surface area contributed by atoms with E-state index < -0.39 is 12.6 Å². The third-order valence-electron chi connectivity index (χ3n) is 4.92. The van der Waals surface area contributed by atoms with Crippen molar-refractivity contribution >= 4 is 17.8 Å². The van der Waals surface area contributed by atoms with E-state index >= 15 is 0 Å². The summed E-state index contributed by atoms with van der Waals surface area (Å²) in [6.45, 7) is 7.11. The van der Waals surface area contributed by atoms with Crippen LogP contribution in [0, 0.1) is 19.8 Å². The van der Waals surface area contributed by atoms with Crippen molar-refractivity contribution < 1.29 is 24.2 Å². The minimum absolute atomic E-state index is 0.0411. The Kier molecular flexibility index (Phi) is 7.84. The molecule has 0 aromatic heterocycles. The Hall–Kier alpha value is -2.57. The number of likely N-dealkylation sites (tertiary alicyclic amines) is 1. The number of benzene rings is 1. The lowest BCUT2D eigenvalue weighted by Crippen LogP contribution is -2.43. The van der Waals surface area contributed by atoms with Gasteiger partial charge in [-0.15, -0.1) is 0 Å². The molecule has 28 heavy (non-hydrogen) atoms. The topological polar surface area (TPSA) is 95.9 Å². The molecule has 0 radical (unpaired) electrons. The van der Waals surface area contributed by atoms with Crippen LogP contribution >= 0.6 is 0 Å². The Labute approximate surface area is 166 Å². The number of nitrogens with one attached hydrogen (secondary N) is 1. The van der Waals surface area contributed by atoms with Crippen molar-refractivity contribution in [1.29, 1.82) is 0 Å². The number of aryl methyl sites for hydroxylation is 2. The standard InChI is InChI=1S/C21H30N2O5/c1-4-6-18(24)22-11-16-7-5-8-23(12-16)21(27)17-9-14(2)20(15(3)10-17)28-13-19(25)26/h9-10,16H,4-8,11-13H2,1-3H3,(H,22,24)(H,25,26). The highest BCUT2D eigenvalue weighted by molar-refractivity contribution is 5.95. The Morgan fingerprint density at radius 2 is 1.93 bits per heavy atom. The molecule has 1 saturated heterocycles. The number of nitrogens with zero attached hydrogens (tertiary/aromatic N) is 1. The number of carbonyl (C=O) groups is 3. The second-order valence-electron chi connectivity index (χ2n) is 7.44. The summed E-state index contributed by atoms with van der Waals surface area (Å²) in [6, 6.07) is 3.50. The lowest BCUT2D eigenvalue weighted by atomic mass is 9.96. The number of carbonyl (C=O) groups excluding carboxylic acids is 2. The lowest BCUT2D eigenvalue weighted by molar-refractivity contribution is -0.139. The number of piperidine rings is 1. The van der Waals surface area contributed by atoms with Gasteiger partial charge in [-0.1, -0.05) is 6.92 Å². The third kappa shape index (κ3) is 5.97. The van der Waals surface area contributed by atoms with Gasteiger partial charge in [-0.3, -0.25) is 9.59 Å². The summed E-state index contributed by atoms with van der Waals surface area (Å²) in [7, 11) is 0. The van der Waals surface area contributed by atoms with Crippen LogP contribution < -0.4 is 10.1 Å². The van der Waals surface area contributed by atoms with Gasteiger partial charge < -0.3 is 20.1 Å². The summed E-state index contributed by atoms with van der Waals surface area (Å²) in [5.74, 6) is -0.243. The Bertz CT molecular complexity index is 709. The SMILES string of the molecule is CCCC(=O)NCC1CCCN(C(=O)c2cc(C)c(OCC(=O)O)c(C)c2)C1. The fourth-order valence-electron chi connectivity index (χ4n) is 3.61. The molecule has 1 unspecified atom stereocenters. The first-order valence-electron chi connectivity index (χ1n) is 9.83. The summed E-state index contributed by atoms with van der Waals surface area (Å²) in [5.41, 5.74) is 2.06. The van der Waals surface area contributed by atoms with E-state index in [9.17, 15) is 14.4 Å². The van der Waals surface area contributed by atoms with Crippen molar-refractivity contribution in [2.75, 3.05) is 26.2 Å². The van der Waals surface area contributed by atoms with Crippen molar-refractivity contribution in [1.82, 2.24) is 10.2 Å². The first-order valence-corrected chi connectivity index (χ1v) is 9.83. The predicted octanol–water partition coefficient (Wildman–Crippen LogP) is 2.54. The van der Waals surface area contributed by atoms with E-state index in [1.54, 1.807) is 12.1 Å². The van der Waals surface area contributed by atoms with Crippen molar-refractivity contribution in [3.63, 3.8) is 0 Å². The second-order valence-corrected chi connectivity index (χ2v) is 7.44. The highest BCUT2D eigenvalue weighted by atomic mass is 16.5. The molecule has 2 amide bonds. The zero-order valence-electron chi connectivity index (χ0n) is 16.9. The van der Waals surface area contributed by atoms with Gasteiger partial charge in [0.2, 0.25) is 5.91 Å². The maximum absolute atomic E-state index is 13.0. The number of hydrogen-bond donors (Lipinski definition) is 2. The average molecular weight is 390 g/mol. The number of carboxylic acid groups (broad SMARTS) is 1. The molecule has 1 aliphatic heterocycles. The molecule has 1 fully saturated rings. The van der Waals surface area contributed by atoms with Crippen molar-refractivity contribution in [3.05, 3.63) is 28.8 Å². The Morgan fingerprint density at radius 3 is 2.54 bits per heavy atom. The molecule has 0 aliphatic carbocycles. The van der Waals surface area contributed by atoms with Gasteiger partial charge in [-0.05, 0) is 62.3 Å². The highest BCUT2D eigenvalue weighted by Crippen LogP contribution is 2.26. The number of amides is 2. The summed E-state index contributed by atoms with van der Waals surface area (Å²) >= 11 is 0. The molecule has 7 heteroatoms. The van der Waals surface area contributed by atoms with E-state index in [1.807, 2.05) is 25.7 Å². The fraction of sp³-hybridized carbons (Fsp3) is 0.571. The van der Waals surface area contributed by atoms with E-state index in [2.05, 4.69) is 5.32 Å². The molecule has 7 nitrogen and oxygen atoms in total. The first-order chi connectivity index (χ1) is 13.3. The van der Waals surface area contributed by atoms with Crippen LogP contribution in [0.4, 0.5) is 0 Å². The molecule has 154 valence electrons. The molecule has 1 heterocycles. The van der Waals surface area contributed by atoms with Gasteiger partial charge in [-0.25, -0.2) is 4.79 Å². The zero-order chi connectivity index (χ0) is 20.7. The molecular weight excluding hydrogens is 360 g/mol. The Balaban J connectivity index is 2.02. The molecule has 2 N–H and O–H groups in total. The highest BCUT2D eigenvalue weighted by Gasteiger charge is 2.25. The van der Waals surface area contributed by atoms with E-state index in [1.165, 1.54) is 0 Å². The number of rotatable bonds is 8. The third-order valence-corrected chi connectivity index (χ3v) is 4.92. The van der Waals surface area contributed by atoms with Gasteiger partial charge in [0, 0.05) is 31.6 Å². The molecular formula is C21H30N2O5. The van der Waals surface area contributed by atoms with Gasteiger partial charge in [0.05, 0.1) is 0 Å². The largest absolute Gasteiger partial charge is 0.481 e. The van der Waals surface area contributed by atoms with Gasteiger partial charge in [0.1, 0.15) is 5.75 Å². The van der Waals surface area contributed by atoms with Crippen LogP contribution in [-0.4, -0.2) is 54.0 Å². The van der Waals surface area contributed by atoms with Crippen LogP contribution in [0.25, 0.3) is 0 Å². The molecule has 1 aromatic carbocycles. The predicted molar refractivity (Wildman–Crippen MR) is 106 cm³/mol. The van der Waals surface area contributed by atoms with Crippen LogP contribution in [0.5, 0.6) is 5.75 Å². The van der Waals surface area contributed by atoms with Gasteiger partial charge in [-0.2, -0.15) is 0 Å². The van der Waals surface area contributed by atoms with Gasteiger partial charge in [0.25, 0.3) is 5.91 Å². The van der Waals surface area contributed by atoms with E-state index in [-0.39, 0.29) is 17.7 Å². The van der Waals surface area contributed by atoms with Crippen molar-refractivity contribution in [2.24, 2.45) is 5.92 Å². The maximum Gasteiger partial charge on any atom is 0.341 e. The monoisotopic (exact) mass is 390 g/mol. The lowest BCUT2D eigenvalue weighted by Gasteiger charge is -2.33. The molecule has 1 atom stereocenters. The van der Waals surface area contributed by atoms with E-state index in [4.69, 9.17) is 9.84 Å². The van der Waals surface area contributed by atoms with E-state index in [0.29, 0.717) is 37.4 Å². The molecule has 1 aliphatic rings. The number of ether oxygens (including phenoxy) is 1. The summed E-state index contributed by atoms with van der Waals surface area (Å²) in [5, 5.41) is 11.8. The minimum Gasteiger partial charge on any atom is -0.481 e. The fourth-order valence-corrected chi connectivity index (χ4v) is 3.61. The average Bonchev–Trinajstić information content (AvgIpc) is 2.65. The van der Waals surface area contributed by atoms with Gasteiger partial charge >= 0.3 is 5.97 Å². The Morgan fingerprint density at radius 1 is 1.25 bits per heavy atom. The van der Waals surface area contributed by atoms with Crippen LogP contribution in [0.3, 0.4) is 0 Å². The quantitative estimate of drug-likeness (QED) is 0.711. The van der Waals surface area contributed by atoms with Crippen LogP contribution in [0.15, 0.2) is 12.1 Å². The number of hydrogen-bond acceptors (Lipinski definition) is 4. The van der Waals surface area contributed by atoms with Crippen LogP contribution in [0.2, 0.25) is 0 Å². The normalized spacial score (nSPS) is 16.5. The summed E-state index contributed by atoms with van der Waals surface area (Å²) in [4.78, 5) is 37.2. The van der Waals surface area contributed by atoms with Gasteiger partial charge in [0.15, 0.2) is 6.61 Å². The molecule has 0 bridgehead atoms. The molecule has 0 spiro atoms. The van der Waals surface area contributed by atoms with Crippen LogP contribution in [-0.2, 0) is 9.59 Å². The number of aliphatic carboxylic acids is 1. The van der Waals surface area contributed by atoms with Crippen molar-refractivity contribution in [2.45, 2.75) is 46.5 Å². The first kappa shape index (κ1) is 21.7. The van der Waals surface area contributed by atoms with Crippen molar-refractivity contribution in [3.8, 4) is 5.75 Å². The molecule has 1 aromatic rings. The minimum atomic E-state index is -1.04.